The Kier molecular flexibility index (Phi) is 4.49. The largest absolute Gasteiger partial charge is 0.391 e. The SMILES string of the molecule is Cc1cccn(CC(=O)N2CC(O)CC2c2cccc(F)c2)c1=O. The van der Waals surface area contributed by atoms with Crippen molar-refractivity contribution < 1.29 is 14.3 Å². The summed E-state index contributed by atoms with van der Waals surface area (Å²) in [6.07, 6.45) is 1.27. The van der Waals surface area contributed by atoms with E-state index in [2.05, 4.69) is 0 Å². The van der Waals surface area contributed by atoms with Gasteiger partial charge >= 0.3 is 0 Å². The summed E-state index contributed by atoms with van der Waals surface area (Å²) in [7, 11) is 0. The van der Waals surface area contributed by atoms with Crippen LogP contribution in [0.15, 0.2) is 47.4 Å². The van der Waals surface area contributed by atoms with E-state index in [1.165, 1.54) is 21.6 Å². The predicted molar refractivity (Wildman–Crippen MR) is 86.9 cm³/mol. The highest BCUT2D eigenvalue weighted by Gasteiger charge is 2.35. The predicted octanol–water partition coefficient (Wildman–Crippen LogP) is 1.63. The summed E-state index contributed by atoms with van der Waals surface area (Å²) in [5, 5.41) is 9.96. The van der Waals surface area contributed by atoms with Crippen LogP contribution < -0.4 is 5.56 Å². The Morgan fingerprint density at radius 2 is 2.12 bits per heavy atom. The van der Waals surface area contributed by atoms with Crippen molar-refractivity contribution in [2.75, 3.05) is 6.54 Å². The number of aromatic nitrogens is 1. The first-order valence-electron chi connectivity index (χ1n) is 7.85. The van der Waals surface area contributed by atoms with Gasteiger partial charge in [-0.3, -0.25) is 9.59 Å². The Bertz CT molecular complexity index is 818. The molecule has 1 amide bonds. The van der Waals surface area contributed by atoms with Gasteiger partial charge in [0.1, 0.15) is 12.4 Å². The fraction of sp³-hybridized carbons (Fsp3) is 0.333. The van der Waals surface area contributed by atoms with Crippen LogP contribution >= 0.6 is 0 Å². The van der Waals surface area contributed by atoms with Crippen molar-refractivity contribution in [1.82, 2.24) is 9.47 Å². The number of aliphatic hydroxyl groups excluding tert-OH is 1. The third kappa shape index (κ3) is 3.23. The second kappa shape index (κ2) is 6.57. The van der Waals surface area contributed by atoms with Crippen molar-refractivity contribution in [2.45, 2.75) is 32.0 Å². The van der Waals surface area contributed by atoms with Crippen LogP contribution in [0.2, 0.25) is 0 Å². The Hall–Kier alpha value is -2.47. The zero-order valence-corrected chi connectivity index (χ0v) is 13.4. The van der Waals surface area contributed by atoms with E-state index >= 15 is 0 Å². The highest BCUT2D eigenvalue weighted by molar-refractivity contribution is 5.77. The quantitative estimate of drug-likeness (QED) is 0.930. The van der Waals surface area contributed by atoms with Gasteiger partial charge in [-0.15, -0.1) is 0 Å². The first-order chi connectivity index (χ1) is 11.5. The maximum Gasteiger partial charge on any atom is 0.253 e. The molecule has 1 aliphatic heterocycles. The van der Waals surface area contributed by atoms with Crippen molar-refractivity contribution in [2.24, 2.45) is 0 Å². The zero-order valence-electron chi connectivity index (χ0n) is 13.4. The van der Waals surface area contributed by atoms with Crippen molar-refractivity contribution in [1.29, 1.82) is 0 Å². The van der Waals surface area contributed by atoms with E-state index in [9.17, 15) is 19.1 Å². The molecule has 0 aliphatic carbocycles. The van der Waals surface area contributed by atoms with E-state index in [-0.39, 0.29) is 36.4 Å². The van der Waals surface area contributed by atoms with Crippen LogP contribution in [0.25, 0.3) is 0 Å². The van der Waals surface area contributed by atoms with Gasteiger partial charge in [-0.05, 0) is 37.1 Å². The molecule has 2 heterocycles. The van der Waals surface area contributed by atoms with Gasteiger partial charge in [-0.1, -0.05) is 18.2 Å². The number of aliphatic hydroxyl groups is 1. The van der Waals surface area contributed by atoms with Crippen LogP contribution in [-0.4, -0.2) is 33.1 Å². The van der Waals surface area contributed by atoms with Crippen molar-refractivity contribution in [3.63, 3.8) is 0 Å². The van der Waals surface area contributed by atoms with Gasteiger partial charge in [-0.25, -0.2) is 4.39 Å². The number of rotatable bonds is 3. The number of halogens is 1. The number of β-amino-alcohol motifs (C(OH)–C–C–N with tert-alkyl or cyclic N) is 1. The monoisotopic (exact) mass is 330 g/mol. The van der Waals surface area contributed by atoms with Crippen LogP contribution in [0.5, 0.6) is 0 Å². The Labute approximate surface area is 139 Å². The van der Waals surface area contributed by atoms with Crippen molar-refractivity contribution >= 4 is 5.91 Å². The molecule has 3 rings (SSSR count). The molecule has 2 unspecified atom stereocenters. The maximum absolute atomic E-state index is 13.5. The Morgan fingerprint density at radius 3 is 2.88 bits per heavy atom. The highest BCUT2D eigenvalue weighted by Crippen LogP contribution is 2.32. The molecule has 1 N–H and O–H groups in total. The lowest BCUT2D eigenvalue weighted by atomic mass is 10.0. The standard InChI is InChI=1S/C18H19FN2O3/c1-12-4-3-7-20(18(12)24)11-17(23)21-10-15(22)9-16(21)13-5-2-6-14(19)8-13/h2-8,15-16,22H,9-11H2,1H3. The second-order valence-electron chi connectivity index (χ2n) is 6.13. The highest BCUT2D eigenvalue weighted by atomic mass is 19.1. The molecule has 2 atom stereocenters. The molecule has 1 aromatic carbocycles. The molecule has 126 valence electrons. The molecule has 24 heavy (non-hydrogen) atoms. The number of carbonyl (C=O) groups is 1. The number of nitrogens with zero attached hydrogens (tertiary/aromatic N) is 2. The summed E-state index contributed by atoms with van der Waals surface area (Å²) in [5.41, 5.74) is 0.998. The Morgan fingerprint density at radius 1 is 1.33 bits per heavy atom. The van der Waals surface area contributed by atoms with Gasteiger partial charge in [0.25, 0.3) is 5.56 Å². The molecule has 0 spiro atoms. The van der Waals surface area contributed by atoms with Gasteiger partial charge in [0.15, 0.2) is 0 Å². The van der Waals surface area contributed by atoms with E-state index in [1.807, 2.05) is 0 Å². The molecule has 1 saturated heterocycles. The van der Waals surface area contributed by atoms with Crippen LogP contribution in [0.1, 0.15) is 23.6 Å². The number of aryl methyl sites for hydroxylation is 1. The van der Waals surface area contributed by atoms with Crippen LogP contribution in [0, 0.1) is 12.7 Å². The summed E-state index contributed by atoms with van der Waals surface area (Å²) in [6.45, 7) is 1.78. The third-order valence-electron chi connectivity index (χ3n) is 4.35. The normalized spacial score (nSPS) is 20.4. The van der Waals surface area contributed by atoms with Crippen molar-refractivity contribution in [3.05, 3.63) is 69.9 Å². The third-order valence-corrected chi connectivity index (χ3v) is 4.35. The van der Waals surface area contributed by atoms with E-state index in [0.717, 1.165) is 0 Å². The molecule has 0 radical (unpaired) electrons. The molecule has 1 aromatic heterocycles. The number of carbonyl (C=O) groups excluding carboxylic acids is 1. The lowest BCUT2D eigenvalue weighted by molar-refractivity contribution is -0.133. The van der Waals surface area contributed by atoms with E-state index in [4.69, 9.17) is 0 Å². The summed E-state index contributed by atoms with van der Waals surface area (Å²) in [6, 6.07) is 9.07. The maximum atomic E-state index is 13.5. The number of amides is 1. The summed E-state index contributed by atoms with van der Waals surface area (Å²) >= 11 is 0. The fourth-order valence-electron chi connectivity index (χ4n) is 3.14. The zero-order chi connectivity index (χ0) is 17.3. The smallest absolute Gasteiger partial charge is 0.253 e. The molecule has 1 fully saturated rings. The fourth-order valence-corrected chi connectivity index (χ4v) is 3.14. The average molecular weight is 330 g/mol. The van der Waals surface area contributed by atoms with Crippen LogP contribution in [0.3, 0.4) is 0 Å². The van der Waals surface area contributed by atoms with Gasteiger partial charge in [0.2, 0.25) is 5.91 Å². The molecule has 6 heteroatoms. The molecule has 0 saturated carbocycles. The van der Waals surface area contributed by atoms with Gasteiger partial charge in [0, 0.05) is 18.3 Å². The molecule has 0 bridgehead atoms. The second-order valence-corrected chi connectivity index (χ2v) is 6.13. The lowest BCUT2D eigenvalue weighted by Gasteiger charge is -2.25. The number of likely N-dealkylation sites (tertiary alicyclic amines) is 1. The van der Waals surface area contributed by atoms with E-state index in [1.54, 1.807) is 37.4 Å². The number of hydrogen-bond donors (Lipinski definition) is 1. The van der Waals surface area contributed by atoms with Gasteiger partial charge in [0.05, 0.1) is 12.1 Å². The van der Waals surface area contributed by atoms with Crippen LogP contribution in [0.4, 0.5) is 4.39 Å². The minimum atomic E-state index is -0.656. The lowest BCUT2D eigenvalue weighted by Crippen LogP contribution is -2.37. The topological polar surface area (TPSA) is 62.5 Å². The summed E-state index contributed by atoms with van der Waals surface area (Å²) in [5.74, 6) is -0.648. The molecular formula is C18H19FN2O3. The average Bonchev–Trinajstić information content (AvgIpc) is 2.94. The Balaban J connectivity index is 1.84. The summed E-state index contributed by atoms with van der Waals surface area (Å²) < 4.78 is 14.8. The van der Waals surface area contributed by atoms with E-state index < -0.39 is 6.10 Å². The van der Waals surface area contributed by atoms with Crippen LogP contribution in [-0.2, 0) is 11.3 Å². The number of benzene rings is 1. The molecule has 5 nitrogen and oxygen atoms in total. The van der Waals surface area contributed by atoms with Gasteiger partial charge < -0.3 is 14.6 Å². The first kappa shape index (κ1) is 16.4. The number of hydrogen-bond acceptors (Lipinski definition) is 3. The minimum absolute atomic E-state index is 0.0982. The molecular weight excluding hydrogens is 311 g/mol. The van der Waals surface area contributed by atoms with Crippen molar-refractivity contribution in [3.8, 4) is 0 Å². The molecule has 2 aromatic rings. The van der Waals surface area contributed by atoms with E-state index in [0.29, 0.717) is 17.5 Å². The molecule has 1 aliphatic rings. The minimum Gasteiger partial charge on any atom is -0.391 e. The van der Waals surface area contributed by atoms with Gasteiger partial charge in [-0.2, -0.15) is 0 Å². The summed E-state index contributed by atoms with van der Waals surface area (Å²) in [4.78, 5) is 26.2. The number of pyridine rings is 1. The first-order valence-corrected chi connectivity index (χ1v) is 7.85.